The normalized spacial score (nSPS) is 19.2. The van der Waals surface area contributed by atoms with Crippen LogP contribution in [0.1, 0.15) is 16.9 Å². The van der Waals surface area contributed by atoms with E-state index in [0.717, 1.165) is 0 Å². The number of anilines is 1. The van der Waals surface area contributed by atoms with Gasteiger partial charge in [0, 0.05) is 19.2 Å². The number of nitrogens with zero attached hydrogens (tertiary/aromatic N) is 2. The Kier molecular flexibility index (Phi) is 2.38. The van der Waals surface area contributed by atoms with E-state index >= 15 is 0 Å². The summed E-state index contributed by atoms with van der Waals surface area (Å²) in [5, 5.41) is 0. The zero-order valence-electron chi connectivity index (χ0n) is 7.99. The van der Waals surface area contributed by atoms with E-state index in [1.165, 1.54) is 11.1 Å². The molecule has 1 aromatic heterocycles. The second kappa shape index (κ2) is 3.56. The Labute approximate surface area is 85.7 Å². The standard InChI is InChI=1S/C10H10F2N2O/c11-10(12)3-5-14(7-10)9-2-1-4-13-8(9)6-15/h1-2,4,6H,3,5,7H2. The van der Waals surface area contributed by atoms with Crippen LogP contribution < -0.4 is 4.90 Å². The van der Waals surface area contributed by atoms with Crippen LogP contribution in [0.4, 0.5) is 14.5 Å². The summed E-state index contributed by atoms with van der Waals surface area (Å²) in [6, 6.07) is 3.27. The van der Waals surface area contributed by atoms with Crippen LogP contribution in [0, 0.1) is 0 Å². The Morgan fingerprint density at radius 2 is 2.33 bits per heavy atom. The fourth-order valence-corrected chi connectivity index (χ4v) is 1.71. The van der Waals surface area contributed by atoms with E-state index in [1.807, 2.05) is 0 Å². The van der Waals surface area contributed by atoms with Gasteiger partial charge in [-0.1, -0.05) is 0 Å². The minimum Gasteiger partial charge on any atom is -0.363 e. The van der Waals surface area contributed by atoms with Gasteiger partial charge in [-0.25, -0.2) is 8.78 Å². The van der Waals surface area contributed by atoms with Gasteiger partial charge in [-0.2, -0.15) is 0 Å². The van der Waals surface area contributed by atoms with E-state index in [9.17, 15) is 13.6 Å². The molecule has 0 radical (unpaired) electrons. The van der Waals surface area contributed by atoms with Crippen molar-refractivity contribution in [2.75, 3.05) is 18.0 Å². The molecule has 1 saturated heterocycles. The molecule has 2 heterocycles. The summed E-state index contributed by atoms with van der Waals surface area (Å²) in [5.74, 6) is -2.66. The van der Waals surface area contributed by atoms with Gasteiger partial charge in [0.15, 0.2) is 6.29 Å². The van der Waals surface area contributed by atoms with Crippen molar-refractivity contribution in [3.05, 3.63) is 24.0 Å². The molecule has 0 aliphatic carbocycles. The maximum absolute atomic E-state index is 13.0. The topological polar surface area (TPSA) is 33.2 Å². The fourth-order valence-electron chi connectivity index (χ4n) is 1.71. The fraction of sp³-hybridized carbons (Fsp3) is 0.400. The molecule has 0 N–H and O–H groups in total. The molecule has 0 unspecified atom stereocenters. The second-order valence-electron chi connectivity index (χ2n) is 3.55. The lowest BCUT2D eigenvalue weighted by molar-refractivity contribution is 0.0257. The van der Waals surface area contributed by atoms with E-state index in [1.54, 1.807) is 12.1 Å². The summed E-state index contributed by atoms with van der Waals surface area (Å²) >= 11 is 0. The van der Waals surface area contributed by atoms with Gasteiger partial charge in [-0.15, -0.1) is 0 Å². The average Bonchev–Trinajstić information content (AvgIpc) is 2.59. The third kappa shape index (κ3) is 1.95. The van der Waals surface area contributed by atoms with Crippen molar-refractivity contribution >= 4 is 12.0 Å². The van der Waals surface area contributed by atoms with Gasteiger partial charge in [-0.05, 0) is 12.1 Å². The molecule has 0 spiro atoms. The Morgan fingerprint density at radius 1 is 1.53 bits per heavy atom. The number of halogens is 2. The lowest BCUT2D eigenvalue weighted by atomic mass is 10.3. The highest BCUT2D eigenvalue weighted by atomic mass is 19.3. The minimum absolute atomic E-state index is 0.166. The van der Waals surface area contributed by atoms with E-state index in [0.29, 0.717) is 12.0 Å². The minimum atomic E-state index is -2.66. The predicted octanol–water partition coefficient (Wildman–Crippen LogP) is 1.74. The number of pyridine rings is 1. The van der Waals surface area contributed by atoms with Crippen LogP contribution in [-0.2, 0) is 0 Å². The van der Waals surface area contributed by atoms with Crippen LogP contribution in [0.5, 0.6) is 0 Å². The third-order valence-corrected chi connectivity index (χ3v) is 2.44. The smallest absolute Gasteiger partial charge is 0.266 e. The second-order valence-corrected chi connectivity index (χ2v) is 3.55. The molecule has 1 aliphatic rings. The zero-order chi connectivity index (χ0) is 10.9. The van der Waals surface area contributed by atoms with Crippen molar-refractivity contribution in [1.82, 2.24) is 4.98 Å². The Hall–Kier alpha value is -1.52. The first-order valence-corrected chi connectivity index (χ1v) is 4.65. The summed E-state index contributed by atoms with van der Waals surface area (Å²) in [7, 11) is 0. The first-order chi connectivity index (χ1) is 7.12. The highest BCUT2D eigenvalue weighted by Crippen LogP contribution is 2.31. The largest absolute Gasteiger partial charge is 0.363 e. The summed E-state index contributed by atoms with van der Waals surface area (Å²) in [6.45, 7) is -0.0704. The summed E-state index contributed by atoms with van der Waals surface area (Å²) in [6.07, 6.45) is 1.90. The van der Waals surface area contributed by atoms with Gasteiger partial charge in [-0.3, -0.25) is 9.78 Å². The number of hydrogen-bond donors (Lipinski definition) is 0. The van der Waals surface area contributed by atoms with Crippen molar-refractivity contribution in [3.8, 4) is 0 Å². The molecule has 0 bridgehead atoms. The molecule has 1 aliphatic heterocycles. The van der Waals surface area contributed by atoms with Crippen molar-refractivity contribution in [1.29, 1.82) is 0 Å². The molecule has 1 aromatic rings. The van der Waals surface area contributed by atoms with Gasteiger partial charge in [0.2, 0.25) is 0 Å². The quantitative estimate of drug-likeness (QED) is 0.700. The van der Waals surface area contributed by atoms with Crippen LogP contribution in [0.25, 0.3) is 0 Å². The van der Waals surface area contributed by atoms with Crippen molar-refractivity contribution in [2.45, 2.75) is 12.3 Å². The lowest BCUT2D eigenvalue weighted by Gasteiger charge is -2.18. The molecule has 80 valence electrons. The van der Waals surface area contributed by atoms with Gasteiger partial charge in [0.25, 0.3) is 5.92 Å². The van der Waals surface area contributed by atoms with Gasteiger partial charge >= 0.3 is 0 Å². The molecule has 3 nitrogen and oxygen atoms in total. The molecular formula is C10H10F2N2O. The van der Waals surface area contributed by atoms with Crippen LogP contribution in [0.15, 0.2) is 18.3 Å². The predicted molar refractivity (Wildman–Crippen MR) is 51.4 cm³/mol. The van der Waals surface area contributed by atoms with E-state index < -0.39 is 5.92 Å². The number of aldehydes is 1. The molecule has 15 heavy (non-hydrogen) atoms. The Morgan fingerprint density at radius 3 is 2.93 bits per heavy atom. The number of alkyl halides is 2. The first-order valence-electron chi connectivity index (χ1n) is 4.65. The number of carbonyl (C=O) groups excluding carboxylic acids is 1. The number of rotatable bonds is 2. The molecule has 0 atom stereocenters. The molecule has 0 saturated carbocycles. The summed E-state index contributed by atoms with van der Waals surface area (Å²) < 4.78 is 25.9. The highest BCUT2D eigenvalue weighted by molar-refractivity contribution is 5.81. The van der Waals surface area contributed by atoms with Crippen LogP contribution in [0.3, 0.4) is 0 Å². The van der Waals surface area contributed by atoms with Crippen LogP contribution >= 0.6 is 0 Å². The van der Waals surface area contributed by atoms with Gasteiger partial charge in [0.05, 0.1) is 12.2 Å². The number of aromatic nitrogens is 1. The van der Waals surface area contributed by atoms with Crippen molar-refractivity contribution in [3.63, 3.8) is 0 Å². The molecule has 5 heteroatoms. The zero-order valence-corrected chi connectivity index (χ0v) is 7.99. The third-order valence-electron chi connectivity index (χ3n) is 2.44. The number of hydrogen-bond acceptors (Lipinski definition) is 3. The van der Waals surface area contributed by atoms with E-state index in [4.69, 9.17) is 0 Å². The van der Waals surface area contributed by atoms with Crippen LogP contribution in [0.2, 0.25) is 0 Å². The van der Waals surface area contributed by atoms with E-state index in [-0.39, 0.29) is 25.2 Å². The first kappa shape index (κ1) is 10.0. The van der Waals surface area contributed by atoms with Crippen LogP contribution in [-0.4, -0.2) is 30.3 Å². The SMILES string of the molecule is O=Cc1ncccc1N1CCC(F)(F)C1. The molecule has 2 rings (SSSR count). The maximum Gasteiger partial charge on any atom is 0.266 e. The molecule has 1 fully saturated rings. The monoisotopic (exact) mass is 212 g/mol. The maximum atomic E-state index is 13.0. The Bertz CT molecular complexity index is 381. The van der Waals surface area contributed by atoms with Crippen molar-refractivity contribution < 1.29 is 13.6 Å². The summed E-state index contributed by atoms with van der Waals surface area (Å²) in [4.78, 5) is 16.0. The van der Waals surface area contributed by atoms with Crippen molar-refractivity contribution in [2.24, 2.45) is 0 Å². The molecule has 0 amide bonds. The molecule has 0 aromatic carbocycles. The van der Waals surface area contributed by atoms with Gasteiger partial charge in [0.1, 0.15) is 5.69 Å². The molecular weight excluding hydrogens is 202 g/mol. The van der Waals surface area contributed by atoms with Gasteiger partial charge < -0.3 is 4.90 Å². The average molecular weight is 212 g/mol. The highest BCUT2D eigenvalue weighted by Gasteiger charge is 2.38. The Balaban J connectivity index is 2.27. The number of carbonyl (C=O) groups is 1. The van der Waals surface area contributed by atoms with E-state index in [2.05, 4.69) is 4.98 Å². The lowest BCUT2D eigenvalue weighted by Crippen LogP contribution is -2.25. The summed E-state index contributed by atoms with van der Waals surface area (Å²) in [5.41, 5.74) is 0.708.